The largest absolute Gasteiger partial charge is 0.507 e. The maximum atomic E-state index is 9.51. The van der Waals surface area contributed by atoms with Gasteiger partial charge in [0, 0.05) is 5.56 Å². The monoisotopic (exact) mass is 234 g/mol. The van der Waals surface area contributed by atoms with Gasteiger partial charge in [0.25, 0.3) is 0 Å². The van der Waals surface area contributed by atoms with Crippen LogP contribution in [0.4, 0.5) is 0 Å². The molecule has 17 heavy (non-hydrogen) atoms. The summed E-state index contributed by atoms with van der Waals surface area (Å²) in [5.41, 5.74) is 0.628. The molecule has 0 unspecified atom stereocenters. The van der Waals surface area contributed by atoms with Crippen LogP contribution in [0.15, 0.2) is 29.4 Å². The van der Waals surface area contributed by atoms with Gasteiger partial charge in [-0.1, -0.05) is 17.3 Å². The normalized spacial score (nSPS) is 15.0. The van der Waals surface area contributed by atoms with Crippen LogP contribution >= 0.6 is 0 Å². The van der Waals surface area contributed by atoms with Crippen LogP contribution in [0.2, 0.25) is 0 Å². The maximum Gasteiger partial charge on any atom is 0.477 e. The van der Waals surface area contributed by atoms with Gasteiger partial charge in [-0.05, 0) is 26.0 Å². The lowest BCUT2D eigenvalue weighted by Crippen LogP contribution is -2.53. The van der Waals surface area contributed by atoms with Crippen molar-refractivity contribution < 1.29 is 14.5 Å². The quantitative estimate of drug-likeness (QED) is 0.467. The van der Waals surface area contributed by atoms with E-state index >= 15 is 0 Å². The van der Waals surface area contributed by atoms with Crippen LogP contribution in [0.3, 0.4) is 0 Å². The van der Waals surface area contributed by atoms with Gasteiger partial charge in [0.1, 0.15) is 5.75 Å². The fourth-order valence-electron chi connectivity index (χ4n) is 1.47. The third-order valence-electron chi connectivity index (χ3n) is 2.55. The molecular formula is C12H16N3O2+. The van der Waals surface area contributed by atoms with Crippen LogP contribution in [-0.2, 0) is 4.84 Å². The summed E-state index contributed by atoms with van der Waals surface area (Å²) >= 11 is 0. The zero-order valence-corrected chi connectivity index (χ0v) is 9.92. The number of hydrogen-bond donors (Lipinski definition) is 2. The molecule has 0 aliphatic carbocycles. The Hall–Kier alpha value is -2.04. The van der Waals surface area contributed by atoms with Crippen molar-refractivity contribution in [3.63, 3.8) is 0 Å². The highest BCUT2D eigenvalue weighted by Crippen LogP contribution is 2.12. The number of phenols is 1. The zero-order chi connectivity index (χ0) is 12.3. The first-order valence-electron chi connectivity index (χ1n) is 5.54. The number of amidine groups is 1. The molecule has 5 nitrogen and oxygen atoms in total. The molecule has 90 valence electrons. The fourth-order valence-corrected chi connectivity index (χ4v) is 1.47. The number of aromatic hydroxyl groups is 1. The number of nitrogens with one attached hydrogen (secondary N) is 1. The molecule has 5 heteroatoms. The van der Waals surface area contributed by atoms with E-state index in [1.165, 1.54) is 6.21 Å². The van der Waals surface area contributed by atoms with Gasteiger partial charge in [-0.3, -0.25) is 4.84 Å². The average molecular weight is 234 g/mol. The summed E-state index contributed by atoms with van der Waals surface area (Å²) in [6, 6.07) is 7.99. The van der Waals surface area contributed by atoms with E-state index in [4.69, 9.17) is 4.84 Å². The van der Waals surface area contributed by atoms with E-state index in [0.717, 1.165) is 6.67 Å². The van der Waals surface area contributed by atoms with Crippen molar-refractivity contribution in [3.8, 4) is 5.75 Å². The lowest BCUT2D eigenvalue weighted by Gasteiger charge is -2.18. The van der Waals surface area contributed by atoms with Crippen LogP contribution < -0.4 is 5.32 Å². The number of hydrogen-bond acceptors (Lipinski definition) is 4. The predicted octanol–water partition coefficient (Wildman–Crippen LogP) is 1.08. The van der Waals surface area contributed by atoms with Gasteiger partial charge in [0.15, 0.2) is 0 Å². The molecule has 0 amide bonds. The third kappa shape index (κ3) is 2.55. The van der Waals surface area contributed by atoms with E-state index in [2.05, 4.69) is 24.3 Å². The van der Waals surface area contributed by atoms with Crippen LogP contribution in [-0.4, -0.2) is 34.6 Å². The Kier molecular flexibility index (Phi) is 3.27. The molecule has 0 bridgehead atoms. The Morgan fingerprint density at radius 3 is 2.82 bits per heavy atom. The molecule has 1 heterocycles. The second kappa shape index (κ2) is 4.86. The van der Waals surface area contributed by atoms with Crippen LogP contribution in [0.1, 0.15) is 19.4 Å². The molecule has 1 aromatic rings. The Morgan fingerprint density at radius 1 is 1.47 bits per heavy atom. The van der Waals surface area contributed by atoms with Crippen molar-refractivity contribution in [1.82, 2.24) is 5.32 Å². The molecule has 2 N–H and O–H groups in total. The molecule has 1 aliphatic heterocycles. The van der Waals surface area contributed by atoms with E-state index in [0.29, 0.717) is 17.6 Å². The summed E-state index contributed by atoms with van der Waals surface area (Å²) in [5, 5.41) is 16.4. The fraction of sp³-hybridized carbons (Fsp3) is 0.333. The Morgan fingerprint density at radius 2 is 2.24 bits per heavy atom. The molecule has 1 aliphatic rings. The van der Waals surface area contributed by atoms with E-state index in [-0.39, 0.29) is 5.75 Å². The molecule has 0 spiro atoms. The Labute approximate surface area is 100 Å². The summed E-state index contributed by atoms with van der Waals surface area (Å²) in [6.45, 7) is 4.94. The van der Waals surface area contributed by atoms with E-state index in [9.17, 15) is 5.11 Å². The minimum atomic E-state index is 0.187. The van der Waals surface area contributed by atoms with E-state index in [1.807, 2.05) is 10.6 Å². The minimum absolute atomic E-state index is 0.187. The minimum Gasteiger partial charge on any atom is -0.507 e. The standard InChI is InChI=1S/C12H15N3O2/c1-9(2)15-8-13-12(15)17-14-7-10-5-3-4-6-11(10)16/h3-7,9H,8H2,1-2H3,(H,14,16)/p+1. The summed E-state index contributed by atoms with van der Waals surface area (Å²) < 4.78 is 2.04. The van der Waals surface area contributed by atoms with Gasteiger partial charge in [0.05, 0.1) is 12.3 Å². The predicted molar refractivity (Wildman–Crippen MR) is 65.2 cm³/mol. The smallest absolute Gasteiger partial charge is 0.477 e. The number of oxime groups is 1. The molecular weight excluding hydrogens is 218 g/mol. The lowest BCUT2D eigenvalue weighted by atomic mass is 10.2. The highest BCUT2D eigenvalue weighted by molar-refractivity contribution is 5.83. The summed E-state index contributed by atoms with van der Waals surface area (Å²) in [5.74, 6) is 0.187. The average Bonchev–Trinajstić information content (AvgIpc) is 2.24. The Balaban J connectivity index is 2.00. The first-order chi connectivity index (χ1) is 8.18. The third-order valence-corrected chi connectivity index (χ3v) is 2.55. The molecule has 0 aromatic heterocycles. The number of rotatable bonds is 3. The zero-order valence-electron chi connectivity index (χ0n) is 9.92. The highest BCUT2D eigenvalue weighted by Gasteiger charge is 2.29. The van der Waals surface area contributed by atoms with Gasteiger partial charge in [0.2, 0.25) is 6.67 Å². The van der Waals surface area contributed by atoms with Crippen molar-refractivity contribution in [2.75, 3.05) is 6.67 Å². The van der Waals surface area contributed by atoms with Crippen LogP contribution in [0, 0.1) is 0 Å². The summed E-state index contributed by atoms with van der Waals surface area (Å²) in [7, 11) is 0. The molecule has 0 saturated heterocycles. The van der Waals surface area contributed by atoms with Crippen LogP contribution in [0.5, 0.6) is 5.75 Å². The number of nitrogens with zero attached hydrogens (tertiary/aromatic N) is 2. The van der Waals surface area contributed by atoms with Crippen LogP contribution in [0.25, 0.3) is 0 Å². The molecule has 1 aromatic carbocycles. The van der Waals surface area contributed by atoms with Gasteiger partial charge in [-0.2, -0.15) is 4.58 Å². The number of para-hydroxylation sites is 1. The summed E-state index contributed by atoms with van der Waals surface area (Å²) in [6.07, 6.45) is 1.49. The van der Waals surface area contributed by atoms with Crippen molar-refractivity contribution >= 4 is 12.2 Å². The van der Waals surface area contributed by atoms with Gasteiger partial charge in [-0.15, -0.1) is 0 Å². The SMILES string of the molecule is CC(C)[N+]1=C(ON=Cc2ccccc2O)NC1. The molecule has 2 rings (SSSR count). The van der Waals surface area contributed by atoms with Gasteiger partial charge >= 0.3 is 6.02 Å². The van der Waals surface area contributed by atoms with Gasteiger partial charge < -0.3 is 5.11 Å². The highest BCUT2D eigenvalue weighted by atomic mass is 16.6. The number of phenolic OH excluding ortho intramolecular Hbond substituents is 1. The molecule has 0 fully saturated rings. The lowest BCUT2D eigenvalue weighted by molar-refractivity contribution is -0.599. The van der Waals surface area contributed by atoms with Crippen molar-refractivity contribution in [1.29, 1.82) is 0 Å². The van der Waals surface area contributed by atoms with E-state index < -0.39 is 0 Å². The maximum absolute atomic E-state index is 9.51. The summed E-state index contributed by atoms with van der Waals surface area (Å²) in [4.78, 5) is 5.20. The van der Waals surface area contributed by atoms with Crippen molar-refractivity contribution in [2.24, 2.45) is 5.16 Å². The number of benzene rings is 1. The topological polar surface area (TPSA) is 56.9 Å². The van der Waals surface area contributed by atoms with Crippen molar-refractivity contribution in [2.45, 2.75) is 19.9 Å². The first-order valence-corrected chi connectivity index (χ1v) is 5.54. The Bertz CT molecular complexity index is 467. The van der Waals surface area contributed by atoms with Gasteiger partial charge in [-0.25, -0.2) is 5.32 Å². The molecule has 0 atom stereocenters. The van der Waals surface area contributed by atoms with Crippen molar-refractivity contribution in [3.05, 3.63) is 29.8 Å². The van der Waals surface area contributed by atoms with E-state index in [1.54, 1.807) is 18.2 Å². The second-order valence-corrected chi connectivity index (χ2v) is 4.09. The second-order valence-electron chi connectivity index (χ2n) is 4.09. The molecule has 0 radical (unpaired) electrons. The molecule has 0 saturated carbocycles. The first kappa shape index (κ1) is 11.4.